The van der Waals surface area contributed by atoms with Crippen LogP contribution < -0.4 is 5.32 Å². The summed E-state index contributed by atoms with van der Waals surface area (Å²) < 4.78 is 2.18. The average Bonchev–Trinajstić information content (AvgIpc) is 3.23. The molecule has 150 valence electrons. The Morgan fingerprint density at radius 2 is 2.00 bits per heavy atom. The first kappa shape index (κ1) is 19.0. The van der Waals surface area contributed by atoms with Crippen molar-refractivity contribution in [1.82, 2.24) is 19.8 Å². The zero-order valence-corrected chi connectivity index (χ0v) is 16.9. The third-order valence-electron chi connectivity index (χ3n) is 5.92. The zero-order valence-electron chi connectivity index (χ0n) is 16.9. The molecule has 2 unspecified atom stereocenters. The second-order valence-electron chi connectivity index (χ2n) is 9.10. The van der Waals surface area contributed by atoms with Gasteiger partial charge >= 0.3 is 6.03 Å². The molecule has 6 nitrogen and oxygen atoms in total. The molecule has 0 spiro atoms. The number of nitrogens with zero attached hydrogens (tertiary/aromatic N) is 3. The van der Waals surface area contributed by atoms with E-state index >= 15 is 0 Å². The topological polar surface area (TPSA) is 70.4 Å². The Bertz CT molecular complexity index is 846. The van der Waals surface area contributed by atoms with E-state index in [1.807, 2.05) is 44.3 Å². The number of urea groups is 1. The van der Waals surface area contributed by atoms with Gasteiger partial charge in [0.15, 0.2) is 0 Å². The Kier molecular flexibility index (Phi) is 4.91. The maximum absolute atomic E-state index is 12.4. The average molecular weight is 383 g/mol. The van der Waals surface area contributed by atoms with Crippen molar-refractivity contribution < 1.29 is 9.90 Å². The van der Waals surface area contributed by atoms with Gasteiger partial charge in [-0.15, -0.1) is 0 Å². The summed E-state index contributed by atoms with van der Waals surface area (Å²) in [6, 6.07) is 8.51. The lowest BCUT2D eigenvalue weighted by Crippen LogP contribution is -2.51. The smallest absolute Gasteiger partial charge is 0.317 e. The minimum Gasteiger partial charge on any atom is -0.393 e. The van der Waals surface area contributed by atoms with E-state index in [-0.39, 0.29) is 29.6 Å². The van der Waals surface area contributed by atoms with Gasteiger partial charge in [0.1, 0.15) is 0 Å². The van der Waals surface area contributed by atoms with Crippen molar-refractivity contribution in [1.29, 1.82) is 0 Å². The molecule has 1 saturated heterocycles. The second kappa shape index (κ2) is 7.24. The minimum atomic E-state index is -0.390. The molecule has 1 aromatic heterocycles. The van der Waals surface area contributed by atoms with Crippen molar-refractivity contribution in [2.24, 2.45) is 5.92 Å². The molecule has 2 aromatic rings. The number of imidazole rings is 1. The molecule has 4 rings (SSSR count). The molecule has 6 heteroatoms. The first-order valence-electron chi connectivity index (χ1n) is 10.2. The highest BCUT2D eigenvalue weighted by Crippen LogP contribution is 2.42. The highest BCUT2D eigenvalue weighted by molar-refractivity contribution is 5.75. The van der Waals surface area contributed by atoms with E-state index in [0.717, 1.165) is 18.5 Å². The zero-order chi connectivity index (χ0) is 19.9. The number of fused-ring (bicyclic) bond motifs is 3. The lowest BCUT2D eigenvalue weighted by molar-refractivity contribution is 0.0532. The van der Waals surface area contributed by atoms with E-state index in [9.17, 15) is 9.90 Å². The van der Waals surface area contributed by atoms with Crippen LogP contribution in [0.1, 0.15) is 51.6 Å². The van der Waals surface area contributed by atoms with E-state index in [1.165, 1.54) is 11.1 Å². The van der Waals surface area contributed by atoms with Crippen LogP contribution in [0, 0.1) is 5.92 Å². The number of aliphatic hydroxyl groups is 1. The summed E-state index contributed by atoms with van der Waals surface area (Å²) in [6.07, 6.45) is 5.73. The Hall–Kier alpha value is -2.34. The predicted molar refractivity (Wildman–Crippen MR) is 109 cm³/mol. The summed E-state index contributed by atoms with van der Waals surface area (Å²) in [7, 11) is 0. The monoisotopic (exact) mass is 382 g/mol. The quantitative estimate of drug-likeness (QED) is 0.854. The van der Waals surface area contributed by atoms with E-state index in [2.05, 4.69) is 33.1 Å². The van der Waals surface area contributed by atoms with Crippen molar-refractivity contribution in [3.63, 3.8) is 0 Å². The van der Waals surface area contributed by atoms with Gasteiger partial charge in [0.2, 0.25) is 0 Å². The van der Waals surface area contributed by atoms with Gasteiger partial charge in [-0.1, -0.05) is 24.3 Å². The fourth-order valence-corrected chi connectivity index (χ4v) is 4.48. The Balaban J connectivity index is 1.38. The van der Waals surface area contributed by atoms with E-state index in [0.29, 0.717) is 19.5 Å². The van der Waals surface area contributed by atoms with E-state index in [4.69, 9.17) is 0 Å². The summed E-state index contributed by atoms with van der Waals surface area (Å²) in [5, 5.41) is 14.0. The van der Waals surface area contributed by atoms with Crippen molar-refractivity contribution in [3.05, 3.63) is 42.4 Å². The van der Waals surface area contributed by atoms with Crippen molar-refractivity contribution in [2.75, 3.05) is 13.1 Å². The van der Waals surface area contributed by atoms with Gasteiger partial charge in [-0.05, 0) is 51.5 Å². The summed E-state index contributed by atoms with van der Waals surface area (Å²) in [6.45, 7) is 7.37. The molecular formula is C22H30N4O2. The summed E-state index contributed by atoms with van der Waals surface area (Å²) in [5.74, 6) is 0.221. The molecule has 1 aromatic carbocycles. The number of carbonyl (C=O) groups excluding carboxylic acids is 1. The largest absolute Gasteiger partial charge is 0.393 e. The van der Waals surface area contributed by atoms with Crippen molar-refractivity contribution in [3.8, 4) is 11.3 Å². The normalized spacial score (nSPS) is 20.6. The van der Waals surface area contributed by atoms with Crippen LogP contribution in [-0.2, 0) is 0 Å². The third kappa shape index (κ3) is 3.65. The first-order valence-corrected chi connectivity index (χ1v) is 10.2. The van der Waals surface area contributed by atoms with Crippen LogP contribution in [0.4, 0.5) is 4.79 Å². The molecule has 0 saturated carbocycles. The molecule has 2 N–H and O–H groups in total. The van der Waals surface area contributed by atoms with Gasteiger partial charge < -0.3 is 19.9 Å². The molecule has 2 aliphatic rings. The standard InChI is InChI=1S/C22H30N4O2/c1-22(2,3)24-21(28)25-10-8-15(9-11-25)20(27)12-18-16-6-4-5-7-17(16)19-13-23-14-26(18)19/h4-7,13-15,18,20,27H,8-12H2,1-3H3,(H,24,28). The summed E-state index contributed by atoms with van der Waals surface area (Å²) in [5.41, 5.74) is 3.37. The number of piperidine rings is 1. The maximum atomic E-state index is 12.4. The number of carbonyl (C=O) groups is 1. The maximum Gasteiger partial charge on any atom is 0.317 e. The number of amides is 2. The van der Waals surface area contributed by atoms with Crippen LogP contribution in [0.5, 0.6) is 0 Å². The lowest BCUT2D eigenvalue weighted by atomic mass is 9.86. The number of aromatic nitrogens is 2. The van der Waals surface area contributed by atoms with Crippen LogP contribution in [0.25, 0.3) is 11.3 Å². The lowest BCUT2D eigenvalue weighted by Gasteiger charge is -2.36. The molecule has 1 fully saturated rings. The highest BCUT2D eigenvalue weighted by atomic mass is 16.3. The molecule has 3 heterocycles. The number of rotatable bonds is 3. The SMILES string of the molecule is CC(C)(C)NC(=O)N1CCC(C(O)CC2c3ccccc3-c3cncn32)CC1. The van der Waals surface area contributed by atoms with Gasteiger partial charge in [0.25, 0.3) is 0 Å². The highest BCUT2D eigenvalue weighted by Gasteiger charge is 2.34. The van der Waals surface area contributed by atoms with E-state index in [1.54, 1.807) is 0 Å². The fraction of sp³-hybridized carbons (Fsp3) is 0.545. The Morgan fingerprint density at radius 1 is 1.29 bits per heavy atom. The number of hydrogen-bond donors (Lipinski definition) is 2. The minimum absolute atomic E-state index is 0.00628. The number of likely N-dealkylation sites (tertiary alicyclic amines) is 1. The van der Waals surface area contributed by atoms with Crippen LogP contribution in [0.2, 0.25) is 0 Å². The van der Waals surface area contributed by atoms with Crippen molar-refractivity contribution >= 4 is 6.03 Å². The molecule has 2 amide bonds. The number of aliphatic hydroxyl groups excluding tert-OH is 1. The predicted octanol–water partition coefficient (Wildman–Crippen LogP) is 3.42. The molecule has 0 radical (unpaired) electrons. The van der Waals surface area contributed by atoms with Gasteiger partial charge in [-0.25, -0.2) is 9.78 Å². The van der Waals surface area contributed by atoms with Crippen LogP contribution in [0.3, 0.4) is 0 Å². The van der Waals surface area contributed by atoms with Crippen LogP contribution >= 0.6 is 0 Å². The van der Waals surface area contributed by atoms with Gasteiger partial charge in [-0.3, -0.25) is 0 Å². The van der Waals surface area contributed by atoms with Crippen LogP contribution in [-0.4, -0.2) is 50.3 Å². The molecule has 2 atom stereocenters. The number of hydrogen-bond acceptors (Lipinski definition) is 3. The molecule has 0 aliphatic carbocycles. The molecule has 28 heavy (non-hydrogen) atoms. The van der Waals surface area contributed by atoms with Gasteiger partial charge in [0, 0.05) is 24.2 Å². The van der Waals surface area contributed by atoms with Crippen molar-refractivity contribution in [2.45, 2.75) is 57.7 Å². The number of nitrogens with one attached hydrogen (secondary N) is 1. The summed E-state index contributed by atoms with van der Waals surface area (Å²) >= 11 is 0. The Morgan fingerprint density at radius 3 is 2.71 bits per heavy atom. The Labute approximate surface area is 166 Å². The first-order chi connectivity index (χ1) is 13.3. The van der Waals surface area contributed by atoms with Gasteiger partial charge in [-0.2, -0.15) is 0 Å². The molecule has 2 aliphatic heterocycles. The second-order valence-corrected chi connectivity index (χ2v) is 9.10. The number of benzene rings is 1. The molecular weight excluding hydrogens is 352 g/mol. The van der Waals surface area contributed by atoms with E-state index < -0.39 is 0 Å². The van der Waals surface area contributed by atoms with Gasteiger partial charge in [0.05, 0.1) is 30.4 Å². The molecule has 0 bridgehead atoms. The summed E-state index contributed by atoms with van der Waals surface area (Å²) in [4.78, 5) is 18.5. The fourth-order valence-electron chi connectivity index (χ4n) is 4.48. The van der Waals surface area contributed by atoms with Crippen LogP contribution in [0.15, 0.2) is 36.8 Å². The third-order valence-corrected chi connectivity index (χ3v) is 5.92.